The third-order valence-corrected chi connectivity index (χ3v) is 6.46. The lowest BCUT2D eigenvalue weighted by Gasteiger charge is -2.36. The summed E-state index contributed by atoms with van der Waals surface area (Å²) < 4.78 is 11.8. The first-order valence-electron chi connectivity index (χ1n) is 11.8. The topological polar surface area (TPSA) is 51.8 Å². The lowest BCUT2D eigenvalue weighted by atomic mass is 9.98. The number of para-hydroxylation sites is 1. The van der Waals surface area contributed by atoms with E-state index in [1.807, 2.05) is 55.6 Å². The van der Waals surface area contributed by atoms with E-state index in [9.17, 15) is 0 Å². The molecule has 3 heterocycles. The maximum Gasteiger partial charge on any atom is 0.187 e. The second-order valence-corrected chi connectivity index (χ2v) is 9.03. The number of rotatable bonds is 4. The second kappa shape index (κ2) is 9.36. The molecule has 0 N–H and O–H groups in total. The summed E-state index contributed by atoms with van der Waals surface area (Å²) in [4.78, 5) is 15.6. The summed E-state index contributed by atoms with van der Waals surface area (Å²) in [5.41, 5.74) is 6.35. The SMILES string of the molecule is [C-]#[N+]c1ccc(-c2cccc3c(OC)c(-c4ccc(N5C[C@@H](C)O[C@@H](C)C5)nc4C)cnc23)cc1. The standard InChI is InChI=1S/C29H28N4O2/c1-18-16-33(17-19(2)35-18)27-14-13-23(20(3)32-27)26-15-31-28-24(7-6-8-25(28)29(26)34-5)21-9-11-22(30-4)12-10-21/h6-15,18-19H,16-17H2,1-3,5H3/t18-,19+. The van der Waals surface area contributed by atoms with Crippen LogP contribution in [0, 0.1) is 13.5 Å². The Morgan fingerprint density at radius 3 is 2.37 bits per heavy atom. The molecule has 1 fully saturated rings. The smallest absolute Gasteiger partial charge is 0.187 e. The fourth-order valence-electron chi connectivity index (χ4n) is 4.93. The Morgan fingerprint density at radius 2 is 1.71 bits per heavy atom. The first-order valence-corrected chi connectivity index (χ1v) is 11.8. The van der Waals surface area contributed by atoms with E-state index in [0.29, 0.717) is 5.69 Å². The van der Waals surface area contributed by atoms with E-state index < -0.39 is 0 Å². The van der Waals surface area contributed by atoms with Crippen LogP contribution in [0.5, 0.6) is 5.75 Å². The summed E-state index contributed by atoms with van der Waals surface area (Å²) >= 11 is 0. The van der Waals surface area contributed by atoms with Gasteiger partial charge in [0.05, 0.1) is 31.4 Å². The van der Waals surface area contributed by atoms with E-state index in [1.54, 1.807) is 7.11 Å². The van der Waals surface area contributed by atoms with Crippen LogP contribution in [0.1, 0.15) is 19.5 Å². The van der Waals surface area contributed by atoms with Crippen molar-refractivity contribution in [3.8, 4) is 28.0 Å². The molecule has 0 saturated carbocycles. The number of pyridine rings is 2. The number of methoxy groups -OCH3 is 1. The summed E-state index contributed by atoms with van der Waals surface area (Å²) in [5.74, 6) is 1.74. The van der Waals surface area contributed by atoms with E-state index in [0.717, 1.165) is 63.5 Å². The molecule has 0 bridgehead atoms. The Kier molecular flexibility index (Phi) is 6.10. The zero-order chi connectivity index (χ0) is 24.5. The minimum atomic E-state index is 0.178. The van der Waals surface area contributed by atoms with Gasteiger partial charge in [-0.2, -0.15) is 0 Å². The Balaban J connectivity index is 1.56. The van der Waals surface area contributed by atoms with Crippen molar-refractivity contribution in [1.82, 2.24) is 9.97 Å². The first kappa shape index (κ1) is 22.8. The normalized spacial score (nSPS) is 17.9. The Morgan fingerprint density at radius 1 is 0.971 bits per heavy atom. The highest BCUT2D eigenvalue weighted by Crippen LogP contribution is 2.40. The molecule has 0 unspecified atom stereocenters. The van der Waals surface area contributed by atoms with Gasteiger partial charge < -0.3 is 14.4 Å². The van der Waals surface area contributed by atoms with Gasteiger partial charge in [-0.15, -0.1) is 0 Å². The molecule has 1 saturated heterocycles. The highest BCUT2D eigenvalue weighted by molar-refractivity contribution is 6.00. The summed E-state index contributed by atoms with van der Waals surface area (Å²) in [7, 11) is 1.70. The predicted octanol–water partition coefficient (Wildman–Crippen LogP) is 6.45. The van der Waals surface area contributed by atoms with Gasteiger partial charge in [0.25, 0.3) is 0 Å². The minimum absolute atomic E-state index is 0.178. The van der Waals surface area contributed by atoms with E-state index in [4.69, 9.17) is 26.0 Å². The van der Waals surface area contributed by atoms with Crippen molar-refractivity contribution in [1.29, 1.82) is 0 Å². The number of hydrogen-bond donors (Lipinski definition) is 0. The molecule has 0 amide bonds. The van der Waals surface area contributed by atoms with Gasteiger partial charge in [0.15, 0.2) is 5.69 Å². The fourth-order valence-corrected chi connectivity index (χ4v) is 4.93. The number of ether oxygens (including phenoxy) is 2. The van der Waals surface area contributed by atoms with E-state index in [2.05, 4.69) is 35.7 Å². The molecule has 6 nitrogen and oxygen atoms in total. The molecule has 6 heteroatoms. The molecule has 1 aliphatic heterocycles. The van der Waals surface area contributed by atoms with Crippen LogP contribution >= 0.6 is 0 Å². The second-order valence-electron chi connectivity index (χ2n) is 9.03. The zero-order valence-corrected chi connectivity index (χ0v) is 20.4. The van der Waals surface area contributed by atoms with Crippen molar-refractivity contribution < 1.29 is 9.47 Å². The van der Waals surface area contributed by atoms with Gasteiger partial charge in [0.1, 0.15) is 11.6 Å². The van der Waals surface area contributed by atoms with Crippen molar-refractivity contribution in [2.75, 3.05) is 25.1 Å². The molecule has 0 radical (unpaired) electrons. The molecule has 2 atom stereocenters. The lowest BCUT2D eigenvalue weighted by molar-refractivity contribution is -0.00546. The maximum absolute atomic E-state index is 7.20. The number of aromatic nitrogens is 2. The van der Waals surface area contributed by atoms with E-state index >= 15 is 0 Å². The Labute approximate surface area is 206 Å². The molecule has 176 valence electrons. The van der Waals surface area contributed by atoms with Gasteiger partial charge in [0, 0.05) is 47.1 Å². The number of nitrogens with zero attached hydrogens (tertiary/aromatic N) is 4. The van der Waals surface area contributed by atoms with Crippen LogP contribution in [0.15, 0.2) is 60.8 Å². The van der Waals surface area contributed by atoms with Gasteiger partial charge in [-0.1, -0.05) is 36.4 Å². The van der Waals surface area contributed by atoms with Crippen LogP contribution in [0.3, 0.4) is 0 Å². The fraction of sp³-hybridized carbons (Fsp3) is 0.276. The van der Waals surface area contributed by atoms with Gasteiger partial charge >= 0.3 is 0 Å². The number of aryl methyl sites for hydroxylation is 1. The minimum Gasteiger partial charge on any atom is -0.495 e. The Hall–Kier alpha value is -3.95. The zero-order valence-electron chi connectivity index (χ0n) is 20.4. The van der Waals surface area contributed by atoms with Crippen molar-refractivity contribution in [2.45, 2.75) is 33.0 Å². The third-order valence-electron chi connectivity index (χ3n) is 6.46. The number of anilines is 1. The van der Waals surface area contributed by atoms with Crippen LogP contribution < -0.4 is 9.64 Å². The summed E-state index contributed by atoms with van der Waals surface area (Å²) in [6, 6.07) is 17.9. The van der Waals surface area contributed by atoms with Crippen LogP contribution in [0.4, 0.5) is 11.5 Å². The van der Waals surface area contributed by atoms with Gasteiger partial charge in [-0.3, -0.25) is 4.98 Å². The molecule has 4 aromatic rings. The molecule has 1 aliphatic rings. The molecular formula is C29H28N4O2. The number of morpholine rings is 1. The first-order chi connectivity index (χ1) is 17.0. The molecule has 5 rings (SSSR count). The Bertz CT molecular complexity index is 1420. The van der Waals surface area contributed by atoms with Crippen LogP contribution in [-0.4, -0.2) is 42.4 Å². The van der Waals surface area contributed by atoms with E-state index in [1.165, 1.54) is 0 Å². The van der Waals surface area contributed by atoms with Gasteiger partial charge in [-0.25, -0.2) is 9.83 Å². The van der Waals surface area contributed by atoms with Crippen LogP contribution in [-0.2, 0) is 4.74 Å². The number of benzene rings is 2. The molecule has 2 aromatic heterocycles. The molecule has 35 heavy (non-hydrogen) atoms. The number of hydrogen-bond acceptors (Lipinski definition) is 5. The summed E-state index contributed by atoms with van der Waals surface area (Å²) in [5, 5.41) is 0.941. The molecule has 0 aliphatic carbocycles. The van der Waals surface area contributed by atoms with Crippen LogP contribution in [0.25, 0.3) is 38.0 Å². The van der Waals surface area contributed by atoms with Crippen molar-refractivity contribution in [2.24, 2.45) is 0 Å². The average molecular weight is 465 g/mol. The van der Waals surface area contributed by atoms with Crippen molar-refractivity contribution in [3.63, 3.8) is 0 Å². The highest BCUT2D eigenvalue weighted by atomic mass is 16.5. The summed E-state index contributed by atoms with van der Waals surface area (Å²) in [6.07, 6.45) is 2.23. The highest BCUT2D eigenvalue weighted by Gasteiger charge is 2.24. The van der Waals surface area contributed by atoms with E-state index in [-0.39, 0.29) is 12.2 Å². The third kappa shape index (κ3) is 4.31. The van der Waals surface area contributed by atoms with Crippen LogP contribution in [0.2, 0.25) is 0 Å². The lowest BCUT2D eigenvalue weighted by Crippen LogP contribution is -2.45. The quantitative estimate of drug-likeness (QED) is 0.325. The van der Waals surface area contributed by atoms with Gasteiger partial charge in [-0.05, 0) is 44.5 Å². The summed E-state index contributed by atoms with van der Waals surface area (Å²) in [6.45, 7) is 15.1. The van der Waals surface area contributed by atoms with Gasteiger partial charge in [0.2, 0.25) is 0 Å². The molecular weight excluding hydrogens is 436 g/mol. The van der Waals surface area contributed by atoms with Crippen molar-refractivity contribution in [3.05, 3.63) is 77.9 Å². The maximum atomic E-state index is 7.20. The number of fused-ring (bicyclic) bond motifs is 1. The van der Waals surface area contributed by atoms with Crippen molar-refractivity contribution >= 4 is 22.4 Å². The largest absolute Gasteiger partial charge is 0.495 e. The predicted molar refractivity (Wildman–Crippen MR) is 140 cm³/mol. The molecule has 2 aromatic carbocycles. The average Bonchev–Trinajstić information content (AvgIpc) is 2.87. The monoisotopic (exact) mass is 464 g/mol. The molecule has 0 spiro atoms.